The molecule has 0 atom stereocenters. The zero-order valence-corrected chi connectivity index (χ0v) is 11.6. The van der Waals surface area contributed by atoms with E-state index in [0.29, 0.717) is 18.9 Å². The van der Waals surface area contributed by atoms with Gasteiger partial charge in [0.05, 0.1) is 6.20 Å². The Labute approximate surface area is 123 Å². The second-order valence-corrected chi connectivity index (χ2v) is 4.83. The van der Waals surface area contributed by atoms with Crippen LogP contribution in [0.5, 0.6) is 0 Å². The Morgan fingerprint density at radius 3 is 2.48 bits per heavy atom. The molecule has 6 nitrogen and oxygen atoms in total. The molecule has 0 bridgehead atoms. The third-order valence-electron chi connectivity index (χ3n) is 3.49. The number of carbonyl (C=O) groups is 1. The molecule has 0 saturated carbocycles. The van der Waals surface area contributed by atoms with Crippen LogP contribution in [-0.2, 0) is 0 Å². The topological polar surface area (TPSA) is 61.4 Å². The van der Waals surface area contributed by atoms with Gasteiger partial charge in [0.25, 0.3) is 0 Å². The zero-order chi connectivity index (χ0) is 14.5. The van der Waals surface area contributed by atoms with Gasteiger partial charge in [0.15, 0.2) is 5.82 Å². The van der Waals surface area contributed by atoms with Crippen LogP contribution in [0.3, 0.4) is 0 Å². The summed E-state index contributed by atoms with van der Waals surface area (Å²) in [5, 5.41) is 2.76. The number of piperazine rings is 1. The van der Waals surface area contributed by atoms with Crippen molar-refractivity contribution in [3.63, 3.8) is 0 Å². The van der Waals surface area contributed by atoms with Gasteiger partial charge in [-0.1, -0.05) is 18.2 Å². The summed E-state index contributed by atoms with van der Waals surface area (Å²) < 4.78 is 0. The number of urea groups is 1. The molecule has 0 radical (unpaired) electrons. The van der Waals surface area contributed by atoms with Crippen molar-refractivity contribution in [3.8, 4) is 0 Å². The second kappa shape index (κ2) is 6.21. The summed E-state index contributed by atoms with van der Waals surface area (Å²) in [6, 6.07) is 10.1. The maximum atomic E-state index is 12.1. The molecule has 1 aromatic carbocycles. The third kappa shape index (κ3) is 3.28. The van der Waals surface area contributed by atoms with Gasteiger partial charge in [-0.15, -0.1) is 0 Å². The lowest BCUT2D eigenvalue weighted by molar-refractivity contribution is 0.208. The Morgan fingerprint density at radius 1 is 1.05 bits per heavy atom. The fourth-order valence-electron chi connectivity index (χ4n) is 2.36. The first-order valence-electron chi connectivity index (χ1n) is 6.95. The van der Waals surface area contributed by atoms with Gasteiger partial charge in [-0.2, -0.15) is 0 Å². The van der Waals surface area contributed by atoms with Crippen molar-refractivity contribution < 1.29 is 4.79 Å². The Bertz CT molecular complexity index is 582. The van der Waals surface area contributed by atoms with Gasteiger partial charge >= 0.3 is 6.03 Å². The Balaban J connectivity index is 1.55. The molecule has 2 amide bonds. The number of hydrogen-bond acceptors (Lipinski definition) is 4. The van der Waals surface area contributed by atoms with Gasteiger partial charge in [-0.3, -0.25) is 10.3 Å². The SMILES string of the molecule is O=C(Nc1cnccn1)N1CCN(c2ccccc2)CC1. The highest BCUT2D eigenvalue weighted by Gasteiger charge is 2.21. The van der Waals surface area contributed by atoms with Gasteiger partial charge in [-0.25, -0.2) is 9.78 Å². The van der Waals surface area contributed by atoms with Crippen LogP contribution in [0.2, 0.25) is 0 Å². The molecule has 0 spiro atoms. The first kappa shape index (κ1) is 13.4. The van der Waals surface area contributed by atoms with E-state index < -0.39 is 0 Å². The molecular weight excluding hydrogens is 266 g/mol. The summed E-state index contributed by atoms with van der Waals surface area (Å²) >= 11 is 0. The van der Waals surface area contributed by atoms with Crippen molar-refractivity contribution in [1.29, 1.82) is 0 Å². The molecule has 108 valence electrons. The minimum atomic E-state index is -0.122. The van der Waals surface area contributed by atoms with Crippen molar-refractivity contribution in [2.45, 2.75) is 0 Å². The Morgan fingerprint density at radius 2 is 1.81 bits per heavy atom. The van der Waals surface area contributed by atoms with E-state index in [0.717, 1.165) is 13.1 Å². The summed E-state index contributed by atoms with van der Waals surface area (Å²) in [4.78, 5) is 24.2. The van der Waals surface area contributed by atoms with E-state index in [9.17, 15) is 4.79 Å². The fourth-order valence-corrected chi connectivity index (χ4v) is 2.36. The molecule has 1 aliphatic rings. The number of hydrogen-bond donors (Lipinski definition) is 1. The van der Waals surface area contributed by atoms with Crippen LogP contribution in [0, 0.1) is 0 Å². The van der Waals surface area contributed by atoms with Gasteiger partial charge in [0.1, 0.15) is 0 Å². The summed E-state index contributed by atoms with van der Waals surface area (Å²) in [5.41, 5.74) is 1.20. The first-order chi connectivity index (χ1) is 10.3. The van der Waals surface area contributed by atoms with Crippen molar-refractivity contribution in [2.75, 3.05) is 36.4 Å². The van der Waals surface area contributed by atoms with E-state index in [1.54, 1.807) is 17.3 Å². The van der Waals surface area contributed by atoms with E-state index in [1.807, 2.05) is 18.2 Å². The van der Waals surface area contributed by atoms with Crippen LogP contribution >= 0.6 is 0 Å². The highest BCUT2D eigenvalue weighted by Crippen LogP contribution is 2.15. The average Bonchev–Trinajstić information content (AvgIpc) is 2.57. The number of nitrogens with zero attached hydrogens (tertiary/aromatic N) is 4. The summed E-state index contributed by atoms with van der Waals surface area (Å²) in [6.07, 6.45) is 4.68. The average molecular weight is 283 g/mol. The fraction of sp³-hybridized carbons (Fsp3) is 0.267. The molecule has 0 aliphatic carbocycles. The molecular formula is C15H17N5O. The summed E-state index contributed by atoms with van der Waals surface area (Å²) in [7, 11) is 0. The quantitative estimate of drug-likeness (QED) is 0.913. The number of para-hydroxylation sites is 1. The second-order valence-electron chi connectivity index (χ2n) is 4.83. The minimum absolute atomic E-state index is 0.122. The van der Waals surface area contributed by atoms with E-state index in [2.05, 4.69) is 32.3 Å². The highest BCUT2D eigenvalue weighted by molar-refractivity contribution is 5.88. The highest BCUT2D eigenvalue weighted by atomic mass is 16.2. The molecule has 6 heteroatoms. The number of carbonyl (C=O) groups excluding carboxylic acids is 1. The molecule has 3 rings (SSSR count). The number of benzene rings is 1. The van der Waals surface area contributed by atoms with Crippen molar-refractivity contribution in [3.05, 3.63) is 48.9 Å². The van der Waals surface area contributed by atoms with Gasteiger partial charge in [0, 0.05) is 44.3 Å². The molecule has 0 unspecified atom stereocenters. The van der Waals surface area contributed by atoms with Crippen LogP contribution in [0.1, 0.15) is 0 Å². The standard InChI is InChI=1S/C15H17N5O/c21-15(18-14-12-16-6-7-17-14)20-10-8-19(9-11-20)13-4-2-1-3-5-13/h1-7,12H,8-11H2,(H,17,18,21). The number of amides is 2. The molecule has 1 N–H and O–H groups in total. The smallest absolute Gasteiger partial charge is 0.323 e. The maximum absolute atomic E-state index is 12.1. The van der Waals surface area contributed by atoms with Crippen LogP contribution in [0.15, 0.2) is 48.9 Å². The van der Waals surface area contributed by atoms with Crippen molar-refractivity contribution >= 4 is 17.5 Å². The molecule has 1 aromatic heterocycles. The largest absolute Gasteiger partial charge is 0.368 e. The lowest BCUT2D eigenvalue weighted by atomic mass is 10.2. The van der Waals surface area contributed by atoms with Crippen LogP contribution in [0.4, 0.5) is 16.3 Å². The van der Waals surface area contributed by atoms with Crippen LogP contribution < -0.4 is 10.2 Å². The first-order valence-corrected chi connectivity index (χ1v) is 6.95. The van der Waals surface area contributed by atoms with Gasteiger partial charge in [0.2, 0.25) is 0 Å². The van der Waals surface area contributed by atoms with E-state index >= 15 is 0 Å². The number of rotatable bonds is 2. The monoisotopic (exact) mass is 283 g/mol. The van der Waals surface area contributed by atoms with Crippen molar-refractivity contribution in [2.24, 2.45) is 0 Å². The number of aromatic nitrogens is 2. The van der Waals surface area contributed by atoms with Crippen LogP contribution in [-0.4, -0.2) is 47.1 Å². The molecule has 2 aromatic rings. The molecule has 1 aliphatic heterocycles. The minimum Gasteiger partial charge on any atom is -0.368 e. The predicted octanol–water partition coefficient (Wildman–Crippen LogP) is 1.83. The van der Waals surface area contributed by atoms with E-state index in [-0.39, 0.29) is 6.03 Å². The third-order valence-corrected chi connectivity index (χ3v) is 3.49. The lowest BCUT2D eigenvalue weighted by Gasteiger charge is -2.35. The van der Waals surface area contributed by atoms with Gasteiger partial charge in [-0.05, 0) is 12.1 Å². The summed E-state index contributed by atoms with van der Waals surface area (Å²) in [5.74, 6) is 0.480. The predicted molar refractivity (Wildman–Crippen MR) is 81.3 cm³/mol. The molecule has 1 saturated heterocycles. The van der Waals surface area contributed by atoms with Gasteiger partial charge < -0.3 is 9.80 Å². The van der Waals surface area contributed by atoms with E-state index in [4.69, 9.17) is 0 Å². The number of nitrogens with one attached hydrogen (secondary N) is 1. The lowest BCUT2D eigenvalue weighted by Crippen LogP contribution is -2.50. The van der Waals surface area contributed by atoms with Crippen LogP contribution in [0.25, 0.3) is 0 Å². The maximum Gasteiger partial charge on any atom is 0.323 e. The molecule has 21 heavy (non-hydrogen) atoms. The van der Waals surface area contributed by atoms with Crippen molar-refractivity contribution in [1.82, 2.24) is 14.9 Å². The molecule has 1 fully saturated rings. The Hall–Kier alpha value is -2.63. The zero-order valence-electron chi connectivity index (χ0n) is 11.6. The Kier molecular flexibility index (Phi) is 3.95. The number of anilines is 2. The summed E-state index contributed by atoms with van der Waals surface area (Å²) in [6.45, 7) is 3.05. The van der Waals surface area contributed by atoms with E-state index in [1.165, 1.54) is 11.9 Å². The molecule has 2 heterocycles. The normalized spacial score (nSPS) is 14.9.